The summed E-state index contributed by atoms with van der Waals surface area (Å²) in [4.78, 5) is 23.4. The van der Waals surface area contributed by atoms with Gasteiger partial charge in [-0.15, -0.1) is 0 Å². The van der Waals surface area contributed by atoms with Gasteiger partial charge in [0.05, 0.1) is 11.9 Å². The minimum Gasteiger partial charge on any atom is -0.361 e. The standard InChI is InChI=1S/C12H12N6O3/c1-6-9(7(2)21-18-6)5-14-11(19)12(20)16-10-8(3-13)4-15-17-10/h4H,5H2,1-2H3,(H,14,19)(H2,15,16,17,20). The molecule has 0 spiro atoms. The van der Waals surface area contributed by atoms with Crippen LogP contribution in [0.1, 0.15) is 22.6 Å². The van der Waals surface area contributed by atoms with Crippen molar-refractivity contribution in [2.75, 3.05) is 5.32 Å². The van der Waals surface area contributed by atoms with Crippen LogP contribution in [0.15, 0.2) is 10.7 Å². The van der Waals surface area contributed by atoms with Gasteiger partial charge in [-0.2, -0.15) is 10.4 Å². The lowest BCUT2D eigenvalue weighted by molar-refractivity contribution is -0.136. The van der Waals surface area contributed by atoms with E-state index in [1.165, 1.54) is 6.20 Å². The van der Waals surface area contributed by atoms with Crippen molar-refractivity contribution in [2.45, 2.75) is 20.4 Å². The molecule has 2 amide bonds. The summed E-state index contributed by atoms with van der Waals surface area (Å²) in [6.45, 7) is 3.58. The molecule has 9 heteroatoms. The lowest BCUT2D eigenvalue weighted by atomic mass is 10.2. The van der Waals surface area contributed by atoms with E-state index in [0.717, 1.165) is 5.56 Å². The van der Waals surface area contributed by atoms with Gasteiger partial charge >= 0.3 is 11.8 Å². The van der Waals surface area contributed by atoms with Gasteiger partial charge in [-0.05, 0) is 13.8 Å². The number of hydrogen-bond acceptors (Lipinski definition) is 6. The Bertz CT molecular complexity index is 704. The Morgan fingerprint density at radius 1 is 1.43 bits per heavy atom. The smallest absolute Gasteiger partial charge is 0.314 e. The van der Waals surface area contributed by atoms with Crippen LogP contribution in [0.2, 0.25) is 0 Å². The predicted molar refractivity (Wildman–Crippen MR) is 69.8 cm³/mol. The van der Waals surface area contributed by atoms with E-state index in [0.29, 0.717) is 11.5 Å². The Balaban J connectivity index is 1.95. The molecule has 2 aromatic rings. The molecule has 3 N–H and O–H groups in total. The number of aromatic nitrogens is 3. The van der Waals surface area contributed by atoms with Crippen LogP contribution in [0.25, 0.3) is 0 Å². The van der Waals surface area contributed by atoms with Gasteiger partial charge in [0, 0.05) is 12.1 Å². The fourth-order valence-corrected chi connectivity index (χ4v) is 1.64. The van der Waals surface area contributed by atoms with Crippen molar-refractivity contribution < 1.29 is 14.1 Å². The third kappa shape index (κ3) is 3.06. The van der Waals surface area contributed by atoms with Gasteiger partial charge in [0.1, 0.15) is 23.2 Å². The number of hydrogen-bond donors (Lipinski definition) is 3. The van der Waals surface area contributed by atoms with Gasteiger partial charge in [-0.25, -0.2) is 0 Å². The third-order valence-corrected chi connectivity index (χ3v) is 2.81. The second-order valence-corrected chi connectivity index (χ2v) is 4.21. The van der Waals surface area contributed by atoms with E-state index in [1.54, 1.807) is 13.8 Å². The molecular weight excluding hydrogens is 276 g/mol. The summed E-state index contributed by atoms with van der Waals surface area (Å²) in [6.07, 6.45) is 1.25. The number of H-pyrrole nitrogens is 1. The summed E-state index contributed by atoms with van der Waals surface area (Å²) >= 11 is 0. The van der Waals surface area contributed by atoms with Crippen molar-refractivity contribution in [1.29, 1.82) is 5.26 Å². The van der Waals surface area contributed by atoms with Crippen molar-refractivity contribution in [3.05, 3.63) is 28.8 Å². The fraction of sp³-hybridized carbons (Fsp3) is 0.250. The lowest BCUT2D eigenvalue weighted by Gasteiger charge is -2.05. The third-order valence-electron chi connectivity index (χ3n) is 2.81. The van der Waals surface area contributed by atoms with Gasteiger partial charge in [0.2, 0.25) is 0 Å². The minimum atomic E-state index is -0.900. The molecule has 108 valence electrons. The Morgan fingerprint density at radius 2 is 2.19 bits per heavy atom. The lowest BCUT2D eigenvalue weighted by Crippen LogP contribution is -2.35. The summed E-state index contributed by atoms with van der Waals surface area (Å²) < 4.78 is 4.95. The van der Waals surface area contributed by atoms with Crippen LogP contribution >= 0.6 is 0 Å². The van der Waals surface area contributed by atoms with Crippen molar-refractivity contribution in [3.8, 4) is 6.07 Å². The molecule has 2 aromatic heterocycles. The van der Waals surface area contributed by atoms with Crippen LogP contribution in [0.3, 0.4) is 0 Å². The van der Waals surface area contributed by atoms with Crippen LogP contribution in [0.4, 0.5) is 5.82 Å². The molecule has 0 saturated carbocycles. The van der Waals surface area contributed by atoms with Crippen molar-refractivity contribution >= 4 is 17.6 Å². The molecule has 2 heterocycles. The number of nitrogens with one attached hydrogen (secondary N) is 3. The Morgan fingerprint density at radius 3 is 2.81 bits per heavy atom. The molecule has 0 saturated heterocycles. The van der Waals surface area contributed by atoms with Crippen LogP contribution in [-0.4, -0.2) is 27.2 Å². The summed E-state index contributed by atoms with van der Waals surface area (Å²) in [5.74, 6) is -1.08. The second-order valence-electron chi connectivity index (χ2n) is 4.21. The van der Waals surface area contributed by atoms with Gasteiger partial charge < -0.3 is 15.2 Å². The molecule has 0 atom stereocenters. The second kappa shape index (κ2) is 5.87. The van der Waals surface area contributed by atoms with E-state index in [2.05, 4.69) is 26.0 Å². The number of rotatable bonds is 3. The van der Waals surface area contributed by atoms with E-state index in [1.807, 2.05) is 6.07 Å². The molecule has 0 aliphatic carbocycles. The zero-order valence-electron chi connectivity index (χ0n) is 11.4. The predicted octanol–water partition coefficient (Wildman–Crippen LogP) is 0.141. The van der Waals surface area contributed by atoms with Crippen molar-refractivity contribution in [2.24, 2.45) is 0 Å². The maximum absolute atomic E-state index is 11.7. The molecule has 0 unspecified atom stereocenters. The van der Waals surface area contributed by atoms with Gasteiger partial charge in [-0.1, -0.05) is 5.16 Å². The zero-order valence-corrected chi connectivity index (χ0v) is 11.4. The highest BCUT2D eigenvalue weighted by Gasteiger charge is 2.18. The zero-order chi connectivity index (χ0) is 15.4. The SMILES string of the molecule is Cc1noc(C)c1CNC(=O)C(=O)Nc1[nH]ncc1C#N. The van der Waals surface area contributed by atoms with E-state index in [-0.39, 0.29) is 17.9 Å². The van der Waals surface area contributed by atoms with Crippen molar-refractivity contribution in [3.63, 3.8) is 0 Å². The average Bonchev–Trinajstić information content (AvgIpc) is 3.03. The maximum atomic E-state index is 11.7. The maximum Gasteiger partial charge on any atom is 0.314 e. The molecule has 21 heavy (non-hydrogen) atoms. The molecule has 0 aliphatic heterocycles. The van der Waals surface area contributed by atoms with Crippen molar-refractivity contribution in [1.82, 2.24) is 20.7 Å². The minimum absolute atomic E-state index is 0.0787. The van der Waals surface area contributed by atoms with E-state index in [4.69, 9.17) is 9.78 Å². The number of carbonyl (C=O) groups excluding carboxylic acids is 2. The Hall–Kier alpha value is -3.15. The molecule has 9 nitrogen and oxygen atoms in total. The fourth-order valence-electron chi connectivity index (χ4n) is 1.64. The first kappa shape index (κ1) is 14.3. The van der Waals surface area contributed by atoms with Crippen LogP contribution in [-0.2, 0) is 16.1 Å². The number of aromatic amines is 1. The van der Waals surface area contributed by atoms with Gasteiger partial charge in [0.25, 0.3) is 0 Å². The summed E-state index contributed by atoms with van der Waals surface area (Å²) in [6, 6.07) is 1.83. The monoisotopic (exact) mass is 288 g/mol. The normalized spacial score (nSPS) is 9.95. The Kier molecular flexibility index (Phi) is 3.99. The quantitative estimate of drug-likeness (QED) is 0.687. The highest BCUT2D eigenvalue weighted by atomic mass is 16.5. The first-order chi connectivity index (χ1) is 10.0. The van der Waals surface area contributed by atoms with Gasteiger partial charge in [0.15, 0.2) is 0 Å². The number of nitrogens with zero attached hydrogens (tertiary/aromatic N) is 3. The molecule has 0 fully saturated rings. The van der Waals surface area contributed by atoms with Crippen LogP contribution < -0.4 is 10.6 Å². The highest BCUT2D eigenvalue weighted by molar-refractivity contribution is 6.39. The molecule has 2 rings (SSSR count). The first-order valence-electron chi connectivity index (χ1n) is 5.97. The van der Waals surface area contributed by atoms with Crippen LogP contribution in [0, 0.1) is 25.2 Å². The molecule has 0 radical (unpaired) electrons. The first-order valence-corrected chi connectivity index (χ1v) is 5.97. The van der Waals surface area contributed by atoms with E-state index < -0.39 is 11.8 Å². The molecule has 0 bridgehead atoms. The summed E-state index contributed by atoms with van der Waals surface area (Å²) in [7, 11) is 0. The number of carbonyl (C=O) groups is 2. The Labute approximate surface area is 119 Å². The topological polar surface area (TPSA) is 137 Å². The number of nitriles is 1. The summed E-state index contributed by atoms with van der Waals surface area (Å²) in [5.41, 5.74) is 1.51. The molecular formula is C12H12N6O3. The average molecular weight is 288 g/mol. The molecule has 0 aromatic carbocycles. The van der Waals surface area contributed by atoms with Gasteiger partial charge in [-0.3, -0.25) is 14.7 Å². The highest BCUT2D eigenvalue weighted by Crippen LogP contribution is 2.11. The number of aryl methyl sites for hydroxylation is 2. The largest absolute Gasteiger partial charge is 0.361 e. The summed E-state index contributed by atoms with van der Waals surface area (Å²) in [5, 5.41) is 23.3. The van der Waals surface area contributed by atoms with E-state index in [9.17, 15) is 9.59 Å². The molecule has 0 aliphatic rings. The number of amides is 2. The number of anilines is 1. The van der Waals surface area contributed by atoms with E-state index >= 15 is 0 Å². The van der Waals surface area contributed by atoms with Crippen LogP contribution in [0.5, 0.6) is 0 Å².